The molecule has 1 saturated carbocycles. The maximum atomic E-state index is 12.5. The SMILES string of the molecule is O=C(NC1CCC(Oc2ncc(Cl)cn2)CC1)c1cc(=O)c2ccccc2o1. The zero-order valence-electron chi connectivity index (χ0n) is 14.9. The van der Waals surface area contributed by atoms with E-state index in [1.165, 1.54) is 18.5 Å². The normalized spacial score (nSPS) is 19.3. The van der Waals surface area contributed by atoms with E-state index in [4.69, 9.17) is 20.8 Å². The molecule has 2 aromatic heterocycles. The van der Waals surface area contributed by atoms with Crippen LogP contribution in [-0.4, -0.2) is 28.0 Å². The molecule has 3 aromatic rings. The summed E-state index contributed by atoms with van der Waals surface area (Å²) in [6, 6.07) is 8.41. The predicted octanol–water partition coefficient (Wildman–Crippen LogP) is 3.36. The lowest BCUT2D eigenvalue weighted by Gasteiger charge is -2.28. The average Bonchev–Trinajstić information content (AvgIpc) is 2.71. The molecule has 1 amide bonds. The summed E-state index contributed by atoms with van der Waals surface area (Å²) in [5.74, 6) is -0.357. The predicted molar refractivity (Wildman–Crippen MR) is 104 cm³/mol. The van der Waals surface area contributed by atoms with Crippen molar-refractivity contribution in [1.82, 2.24) is 15.3 Å². The van der Waals surface area contributed by atoms with Gasteiger partial charge in [-0.1, -0.05) is 23.7 Å². The minimum atomic E-state index is -0.381. The van der Waals surface area contributed by atoms with Gasteiger partial charge in [-0.3, -0.25) is 9.59 Å². The highest BCUT2D eigenvalue weighted by atomic mass is 35.5. The average molecular weight is 400 g/mol. The van der Waals surface area contributed by atoms with Crippen LogP contribution in [0.1, 0.15) is 36.2 Å². The third kappa shape index (κ3) is 4.14. The van der Waals surface area contributed by atoms with Crippen molar-refractivity contribution in [2.75, 3.05) is 0 Å². The molecule has 1 aliphatic carbocycles. The fraction of sp³-hybridized carbons (Fsp3) is 0.300. The molecule has 8 heteroatoms. The number of halogens is 1. The number of amides is 1. The summed E-state index contributed by atoms with van der Waals surface area (Å²) in [6.07, 6.45) is 6.01. The highest BCUT2D eigenvalue weighted by molar-refractivity contribution is 6.30. The van der Waals surface area contributed by atoms with Gasteiger partial charge in [-0.25, -0.2) is 9.97 Å². The van der Waals surface area contributed by atoms with E-state index in [-0.39, 0.29) is 29.2 Å². The van der Waals surface area contributed by atoms with Crippen LogP contribution in [0.4, 0.5) is 0 Å². The van der Waals surface area contributed by atoms with Crippen molar-refractivity contribution in [3.63, 3.8) is 0 Å². The number of aromatic nitrogens is 2. The first kappa shape index (κ1) is 18.4. The van der Waals surface area contributed by atoms with Crippen LogP contribution in [0, 0.1) is 0 Å². The van der Waals surface area contributed by atoms with E-state index in [0.29, 0.717) is 22.0 Å². The quantitative estimate of drug-likeness (QED) is 0.722. The molecular weight excluding hydrogens is 382 g/mol. The number of hydrogen-bond donors (Lipinski definition) is 1. The smallest absolute Gasteiger partial charge is 0.316 e. The Morgan fingerprint density at radius 1 is 1.14 bits per heavy atom. The van der Waals surface area contributed by atoms with Crippen LogP contribution >= 0.6 is 11.6 Å². The molecule has 0 atom stereocenters. The number of nitrogens with zero attached hydrogens (tertiary/aromatic N) is 2. The minimum absolute atomic E-state index is 0.00439. The van der Waals surface area contributed by atoms with Crippen molar-refractivity contribution in [3.05, 3.63) is 63.7 Å². The van der Waals surface area contributed by atoms with Crippen LogP contribution in [-0.2, 0) is 0 Å². The van der Waals surface area contributed by atoms with Crippen LogP contribution < -0.4 is 15.5 Å². The topological polar surface area (TPSA) is 94.3 Å². The van der Waals surface area contributed by atoms with E-state index < -0.39 is 0 Å². The van der Waals surface area contributed by atoms with E-state index in [1.54, 1.807) is 24.3 Å². The maximum absolute atomic E-state index is 12.5. The van der Waals surface area contributed by atoms with Gasteiger partial charge in [-0.05, 0) is 37.8 Å². The van der Waals surface area contributed by atoms with Crippen molar-refractivity contribution in [1.29, 1.82) is 0 Å². The Kier molecular flexibility index (Phi) is 5.25. The third-order valence-corrected chi connectivity index (χ3v) is 4.93. The van der Waals surface area contributed by atoms with E-state index >= 15 is 0 Å². The third-order valence-electron chi connectivity index (χ3n) is 4.74. The van der Waals surface area contributed by atoms with Gasteiger partial charge in [-0.2, -0.15) is 0 Å². The summed E-state index contributed by atoms with van der Waals surface area (Å²) >= 11 is 5.77. The fourth-order valence-corrected chi connectivity index (χ4v) is 3.41. The van der Waals surface area contributed by atoms with Gasteiger partial charge >= 0.3 is 6.01 Å². The molecule has 0 aliphatic heterocycles. The zero-order chi connectivity index (χ0) is 19.5. The molecule has 1 fully saturated rings. The number of carbonyl (C=O) groups is 1. The lowest BCUT2D eigenvalue weighted by molar-refractivity contribution is 0.0859. The number of fused-ring (bicyclic) bond motifs is 1. The summed E-state index contributed by atoms with van der Waals surface area (Å²) in [7, 11) is 0. The summed E-state index contributed by atoms with van der Waals surface area (Å²) in [4.78, 5) is 32.7. The summed E-state index contributed by atoms with van der Waals surface area (Å²) < 4.78 is 11.4. The van der Waals surface area contributed by atoms with Gasteiger partial charge in [0.1, 0.15) is 11.7 Å². The van der Waals surface area contributed by atoms with Crippen molar-refractivity contribution < 1.29 is 13.9 Å². The molecule has 1 aliphatic rings. The van der Waals surface area contributed by atoms with Gasteiger partial charge in [0.05, 0.1) is 22.8 Å². The van der Waals surface area contributed by atoms with Crippen molar-refractivity contribution >= 4 is 28.5 Å². The highest BCUT2D eigenvalue weighted by Crippen LogP contribution is 2.23. The van der Waals surface area contributed by atoms with Gasteiger partial charge in [0.2, 0.25) is 0 Å². The summed E-state index contributed by atoms with van der Waals surface area (Å²) in [5, 5.41) is 3.86. The number of benzene rings is 1. The molecule has 7 nitrogen and oxygen atoms in total. The van der Waals surface area contributed by atoms with E-state index in [2.05, 4.69) is 15.3 Å². The number of ether oxygens (including phenoxy) is 1. The van der Waals surface area contributed by atoms with Crippen LogP contribution in [0.2, 0.25) is 5.02 Å². The van der Waals surface area contributed by atoms with Crippen molar-refractivity contribution in [2.45, 2.75) is 37.8 Å². The van der Waals surface area contributed by atoms with Crippen molar-refractivity contribution in [2.24, 2.45) is 0 Å². The number of rotatable bonds is 4. The standard InChI is InChI=1S/C20H18ClN3O4/c21-12-10-22-20(23-11-12)27-14-7-5-13(6-8-14)24-19(26)18-9-16(25)15-3-1-2-4-17(15)28-18/h1-4,9-11,13-14H,5-8H2,(H,24,26). The Morgan fingerprint density at radius 2 is 1.86 bits per heavy atom. The second-order valence-electron chi connectivity index (χ2n) is 6.72. The molecule has 0 saturated heterocycles. The van der Waals surface area contributed by atoms with Crippen LogP contribution in [0.25, 0.3) is 11.0 Å². The zero-order valence-corrected chi connectivity index (χ0v) is 15.7. The van der Waals surface area contributed by atoms with Crippen molar-refractivity contribution in [3.8, 4) is 6.01 Å². The Labute approximate surface area is 165 Å². The Bertz CT molecular complexity index is 1040. The number of nitrogens with one attached hydrogen (secondary N) is 1. The molecule has 1 aromatic carbocycles. The molecule has 2 heterocycles. The Hall–Kier alpha value is -2.93. The van der Waals surface area contributed by atoms with E-state index in [9.17, 15) is 9.59 Å². The molecular formula is C20H18ClN3O4. The summed E-state index contributed by atoms with van der Waals surface area (Å²) in [5.41, 5.74) is 0.173. The highest BCUT2D eigenvalue weighted by Gasteiger charge is 2.25. The number of para-hydroxylation sites is 1. The number of hydrogen-bond acceptors (Lipinski definition) is 6. The van der Waals surface area contributed by atoms with Crippen LogP contribution in [0.5, 0.6) is 6.01 Å². The van der Waals surface area contributed by atoms with Gasteiger partial charge in [0.25, 0.3) is 5.91 Å². The van der Waals surface area contributed by atoms with E-state index in [1.807, 2.05) is 0 Å². The molecule has 0 bridgehead atoms. The maximum Gasteiger partial charge on any atom is 0.316 e. The molecule has 0 unspecified atom stereocenters. The van der Waals surface area contributed by atoms with Crippen LogP contribution in [0.3, 0.4) is 0 Å². The molecule has 0 spiro atoms. The largest absolute Gasteiger partial charge is 0.460 e. The second kappa shape index (κ2) is 7.98. The van der Waals surface area contributed by atoms with Gasteiger partial charge in [0.15, 0.2) is 11.2 Å². The Balaban J connectivity index is 1.35. The fourth-order valence-electron chi connectivity index (χ4n) is 3.31. The molecule has 0 radical (unpaired) electrons. The van der Waals surface area contributed by atoms with Gasteiger partial charge in [-0.15, -0.1) is 0 Å². The van der Waals surface area contributed by atoms with Crippen LogP contribution in [0.15, 0.2) is 51.9 Å². The van der Waals surface area contributed by atoms with Gasteiger partial charge in [0, 0.05) is 12.1 Å². The molecule has 144 valence electrons. The first-order valence-corrected chi connectivity index (χ1v) is 9.44. The Morgan fingerprint density at radius 3 is 2.61 bits per heavy atom. The molecule has 1 N–H and O–H groups in total. The first-order valence-electron chi connectivity index (χ1n) is 9.06. The first-order chi connectivity index (χ1) is 13.6. The lowest BCUT2D eigenvalue weighted by Crippen LogP contribution is -2.40. The summed E-state index contributed by atoms with van der Waals surface area (Å²) in [6.45, 7) is 0. The van der Waals surface area contributed by atoms with Gasteiger partial charge < -0.3 is 14.5 Å². The minimum Gasteiger partial charge on any atom is -0.460 e. The second-order valence-corrected chi connectivity index (χ2v) is 7.16. The monoisotopic (exact) mass is 399 g/mol. The number of carbonyl (C=O) groups excluding carboxylic acids is 1. The van der Waals surface area contributed by atoms with E-state index in [0.717, 1.165) is 25.7 Å². The lowest BCUT2D eigenvalue weighted by atomic mass is 9.93. The molecule has 28 heavy (non-hydrogen) atoms. The molecule has 4 rings (SSSR count).